The first kappa shape index (κ1) is 7.84. The third-order valence-corrected chi connectivity index (χ3v) is 1.14. The van der Waals surface area contributed by atoms with Gasteiger partial charge in [0.15, 0.2) is 0 Å². The fourth-order valence-electron chi connectivity index (χ4n) is 0.637. The van der Waals surface area contributed by atoms with E-state index in [1.54, 1.807) is 0 Å². The highest BCUT2D eigenvalue weighted by atomic mass is 19.3. The van der Waals surface area contributed by atoms with Gasteiger partial charge in [-0.15, -0.1) is 0 Å². The largest absolute Gasteiger partial charge is 0.348 e. The fraction of sp³-hybridized carbons (Fsp3) is 0.333. The van der Waals surface area contributed by atoms with Crippen molar-refractivity contribution in [1.29, 1.82) is 0 Å². The number of Topliss-reactive ketones (excluding diaryl/α,β-unsaturated/α-hetero) is 1. The lowest BCUT2D eigenvalue weighted by atomic mass is 10.3. The molecule has 0 saturated heterocycles. The number of hydrogen-bond donors (Lipinski definition) is 1. The summed E-state index contributed by atoms with van der Waals surface area (Å²) in [6, 6.07) is 0. The van der Waals surface area contributed by atoms with Gasteiger partial charge < -0.3 is 4.98 Å². The minimum absolute atomic E-state index is 0.273. The van der Waals surface area contributed by atoms with Crippen LogP contribution in [0.2, 0.25) is 0 Å². The molecule has 0 bridgehead atoms. The normalized spacial score (nSPS) is 10.5. The smallest absolute Gasteiger partial charge is 0.296 e. The SMILES string of the molecule is O=C(Cc1ncc[nH]1)C(F)F. The van der Waals surface area contributed by atoms with Crippen molar-refractivity contribution in [3.63, 3.8) is 0 Å². The number of hydrogen-bond acceptors (Lipinski definition) is 2. The average molecular weight is 160 g/mol. The summed E-state index contributed by atoms with van der Waals surface area (Å²) in [7, 11) is 0. The lowest BCUT2D eigenvalue weighted by molar-refractivity contribution is -0.128. The second-order valence-corrected chi connectivity index (χ2v) is 1.98. The van der Waals surface area contributed by atoms with Crippen LogP contribution in [0.1, 0.15) is 5.82 Å². The number of halogens is 2. The first-order valence-electron chi connectivity index (χ1n) is 2.99. The van der Waals surface area contributed by atoms with Crippen molar-refractivity contribution in [2.75, 3.05) is 0 Å². The molecule has 0 unspecified atom stereocenters. The number of imidazole rings is 1. The van der Waals surface area contributed by atoms with E-state index in [0.29, 0.717) is 0 Å². The summed E-state index contributed by atoms with van der Waals surface area (Å²) in [5, 5.41) is 0. The van der Waals surface area contributed by atoms with Crippen molar-refractivity contribution in [3.05, 3.63) is 18.2 Å². The highest BCUT2D eigenvalue weighted by molar-refractivity contribution is 5.83. The van der Waals surface area contributed by atoms with Crippen LogP contribution in [-0.4, -0.2) is 22.2 Å². The number of nitrogens with one attached hydrogen (secondary N) is 1. The minimum Gasteiger partial charge on any atom is -0.348 e. The van der Waals surface area contributed by atoms with Gasteiger partial charge in [-0.05, 0) is 0 Å². The van der Waals surface area contributed by atoms with Crippen LogP contribution in [0, 0.1) is 0 Å². The Morgan fingerprint density at radius 2 is 2.45 bits per heavy atom. The summed E-state index contributed by atoms with van der Waals surface area (Å²) < 4.78 is 23.3. The van der Waals surface area contributed by atoms with Crippen LogP contribution < -0.4 is 0 Å². The molecule has 0 spiro atoms. The Hall–Kier alpha value is -1.26. The first-order chi connectivity index (χ1) is 5.20. The molecule has 1 rings (SSSR count). The standard InChI is InChI=1S/C6H6F2N2O/c7-6(8)4(11)3-5-9-1-2-10-5/h1-2,6H,3H2,(H,9,10). The molecule has 0 aromatic carbocycles. The molecule has 0 fully saturated rings. The Labute approximate surface area is 61.4 Å². The van der Waals surface area contributed by atoms with Gasteiger partial charge in [0.1, 0.15) is 5.82 Å². The maximum absolute atomic E-state index is 11.6. The summed E-state index contributed by atoms with van der Waals surface area (Å²) in [6.45, 7) is 0. The number of carbonyl (C=O) groups excluding carboxylic acids is 1. The van der Waals surface area contributed by atoms with Gasteiger partial charge in [-0.2, -0.15) is 0 Å². The van der Waals surface area contributed by atoms with Gasteiger partial charge in [0.05, 0.1) is 6.42 Å². The second kappa shape index (κ2) is 3.23. The van der Waals surface area contributed by atoms with E-state index < -0.39 is 12.2 Å². The van der Waals surface area contributed by atoms with Crippen LogP contribution in [0.3, 0.4) is 0 Å². The molecule has 11 heavy (non-hydrogen) atoms. The van der Waals surface area contributed by atoms with Gasteiger partial charge in [-0.3, -0.25) is 4.79 Å². The van der Waals surface area contributed by atoms with Gasteiger partial charge in [0, 0.05) is 12.4 Å². The predicted molar refractivity (Wildman–Crippen MR) is 33.3 cm³/mol. The minimum atomic E-state index is -2.90. The monoisotopic (exact) mass is 160 g/mol. The van der Waals surface area contributed by atoms with Crippen molar-refractivity contribution in [3.8, 4) is 0 Å². The third-order valence-electron chi connectivity index (χ3n) is 1.14. The summed E-state index contributed by atoms with van der Waals surface area (Å²) in [5.74, 6) is -0.838. The number of aromatic amines is 1. The predicted octanol–water partition coefficient (Wildman–Crippen LogP) is 0.786. The zero-order valence-electron chi connectivity index (χ0n) is 5.55. The zero-order chi connectivity index (χ0) is 8.27. The summed E-state index contributed by atoms with van der Waals surface area (Å²) >= 11 is 0. The highest BCUT2D eigenvalue weighted by Gasteiger charge is 2.16. The van der Waals surface area contributed by atoms with Crippen molar-refractivity contribution < 1.29 is 13.6 Å². The molecule has 0 atom stereocenters. The molecular weight excluding hydrogens is 154 g/mol. The van der Waals surface area contributed by atoms with Crippen molar-refractivity contribution in [2.24, 2.45) is 0 Å². The van der Waals surface area contributed by atoms with E-state index in [0.717, 1.165) is 0 Å². The van der Waals surface area contributed by atoms with Gasteiger partial charge in [0.2, 0.25) is 5.78 Å². The first-order valence-corrected chi connectivity index (χ1v) is 2.99. The number of nitrogens with zero attached hydrogens (tertiary/aromatic N) is 1. The third kappa shape index (κ3) is 2.10. The van der Waals surface area contributed by atoms with Gasteiger partial charge >= 0.3 is 0 Å². The number of carbonyl (C=O) groups is 1. The summed E-state index contributed by atoms with van der Waals surface area (Å²) in [4.78, 5) is 16.6. The van der Waals surface area contributed by atoms with Crippen LogP contribution in [0.4, 0.5) is 8.78 Å². The fourth-order valence-corrected chi connectivity index (χ4v) is 0.637. The van der Waals surface area contributed by atoms with Crippen LogP contribution >= 0.6 is 0 Å². The second-order valence-electron chi connectivity index (χ2n) is 1.98. The molecule has 0 radical (unpaired) electrons. The van der Waals surface area contributed by atoms with E-state index in [1.165, 1.54) is 12.4 Å². The molecule has 5 heteroatoms. The molecule has 1 N–H and O–H groups in total. The van der Waals surface area contributed by atoms with E-state index in [4.69, 9.17) is 0 Å². The molecule has 1 heterocycles. The Bertz CT molecular complexity index is 233. The van der Waals surface area contributed by atoms with E-state index in [9.17, 15) is 13.6 Å². The lowest BCUT2D eigenvalue weighted by Crippen LogP contribution is -2.13. The quantitative estimate of drug-likeness (QED) is 0.710. The van der Waals surface area contributed by atoms with Crippen LogP contribution in [0.25, 0.3) is 0 Å². The van der Waals surface area contributed by atoms with Crippen LogP contribution in [0.5, 0.6) is 0 Å². The Morgan fingerprint density at radius 1 is 1.73 bits per heavy atom. The molecule has 0 aliphatic rings. The van der Waals surface area contributed by atoms with Crippen LogP contribution in [0.15, 0.2) is 12.4 Å². The van der Waals surface area contributed by atoms with Gasteiger partial charge in [-0.25, -0.2) is 13.8 Å². The van der Waals surface area contributed by atoms with Crippen molar-refractivity contribution >= 4 is 5.78 Å². The Kier molecular flexibility index (Phi) is 2.30. The number of rotatable bonds is 3. The molecule has 0 amide bonds. The number of ketones is 1. The average Bonchev–Trinajstić information content (AvgIpc) is 2.39. The van der Waals surface area contributed by atoms with Gasteiger partial charge in [0.25, 0.3) is 6.43 Å². The van der Waals surface area contributed by atoms with Gasteiger partial charge in [-0.1, -0.05) is 0 Å². The number of aromatic nitrogens is 2. The zero-order valence-corrected chi connectivity index (χ0v) is 5.55. The van der Waals surface area contributed by atoms with E-state index >= 15 is 0 Å². The Morgan fingerprint density at radius 3 is 2.91 bits per heavy atom. The van der Waals surface area contributed by atoms with Crippen molar-refractivity contribution in [2.45, 2.75) is 12.8 Å². The number of H-pyrrole nitrogens is 1. The highest BCUT2D eigenvalue weighted by Crippen LogP contribution is 1.99. The molecular formula is C6H6F2N2O. The van der Waals surface area contributed by atoms with Crippen LogP contribution in [-0.2, 0) is 11.2 Å². The molecule has 1 aromatic rings. The van der Waals surface area contributed by atoms with Crippen molar-refractivity contribution in [1.82, 2.24) is 9.97 Å². The maximum atomic E-state index is 11.6. The lowest BCUT2D eigenvalue weighted by Gasteiger charge is -1.94. The molecule has 0 aliphatic carbocycles. The Balaban J connectivity index is 2.50. The topological polar surface area (TPSA) is 45.8 Å². The summed E-state index contributed by atoms with van der Waals surface area (Å²) in [6.07, 6.45) is -0.340. The van der Waals surface area contributed by atoms with E-state index in [1.807, 2.05) is 0 Å². The summed E-state index contributed by atoms with van der Waals surface area (Å²) in [5.41, 5.74) is 0. The molecule has 0 aliphatic heterocycles. The molecule has 60 valence electrons. The number of alkyl halides is 2. The van der Waals surface area contributed by atoms with E-state index in [-0.39, 0.29) is 12.2 Å². The molecule has 0 saturated carbocycles. The maximum Gasteiger partial charge on any atom is 0.296 e. The van der Waals surface area contributed by atoms with E-state index in [2.05, 4.69) is 9.97 Å². The molecule has 3 nitrogen and oxygen atoms in total. The molecule has 1 aromatic heterocycles.